The number of aromatic nitrogens is 1. The summed E-state index contributed by atoms with van der Waals surface area (Å²) < 4.78 is 0. The molecule has 108 valence electrons. The van der Waals surface area contributed by atoms with E-state index < -0.39 is 5.97 Å². The van der Waals surface area contributed by atoms with Crippen LogP contribution in [0.25, 0.3) is 22.6 Å². The van der Waals surface area contributed by atoms with Crippen LogP contribution >= 0.6 is 0 Å². The van der Waals surface area contributed by atoms with E-state index in [-0.39, 0.29) is 11.3 Å². The molecule has 22 heavy (non-hydrogen) atoms. The molecule has 0 amide bonds. The number of aromatic hydroxyl groups is 1. The van der Waals surface area contributed by atoms with Crippen molar-refractivity contribution >= 4 is 28.5 Å². The van der Waals surface area contributed by atoms with Crippen molar-refractivity contribution in [3.8, 4) is 5.75 Å². The van der Waals surface area contributed by atoms with Crippen LogP contribution < -0.4 is 0 Å². The number of carbonyl (C=O) groups is 1. The molecule has 4 nitrogen and oxygen atoms in total. The average Bonchev–Trinajstić information content (AvgIpc) is 2.53. The number of benzene rings is 2. The summed E-state index contributed by atoms with van der Waals surface area (Å²) in [4.78, 5) is 15.8. The van der Waals surface area contributed by atoms with Crippen molar-refractivity contribution in [3.05, 3.63) is 71.9 Å². The molecular weight excluding hydrogens is 278 g/mol. The number of aliphatic carboxylic acids is 1. The van der Waals surface area contributed by atoms with Crippen LogP contribution in [0.3, 0.4) is 0 Å². The van der Waals surface area contributed by atoms with E-state index in [1.807, 2.05) is 30.3 Å². The first-order valence-corrected chi connectivity index (χ1v) is 6.73. The molecule has 3 aromatic rings. The van der Waals surface area contributed by atoms with Crippen LogP contribution in [-0.4, -0.2) is 21.2 Å². The minimum atomic E-state index is -1.03. The highest BCUT2D eigenvalue weighted by Gasteiger charge is 2.10. The van der Waals surface area contributed by atoms with Crippen LogP contribution in [0.15, 0.2) is 60.8 Å². The van der Waals surface area contributed by atoms with E-state index in [0.717, 1.165) is 10.9 Å². The second kappa shape index (κ2) is 5.69. The van der Waals surface area contributed by atoms with Gasteiger partial charge in [-0.25, -0.2) is 4.79 Å². The topological polar surface area (TPSA) is 70.4 Å². The highest BCUT2D eigenvalue weighted by atomic mass is 16.4. The molecule has 1 aromatic heterocycles. The summed E-state index contributed by atoms with van der Waals surface area (Å²) >= 11 is 0. The Kier molecular flexibility index (Phi) is 3.58. The fraction of sp³-hybridized carbons (Fsp3) is 0. The van der Waals surface area contributed by atoms with Crippen molar-refractivity contribution < 1.29 is 15.0 Å². The van der Waals surface area contributed by atoms with E-state index >= 15 is 0 Å². The van der Waals surface area contributed by atoms with Gasteiger partial charge < -0.3 is 10.2 Å². The fourth-order valence-electron chi connectivity index (χ4n) is 2.24. The van der Waals surface area contributed by atoms with Crippen LogP contribution in [0.1, 0.15) is 11.1 Å². The van der Waals surface area contributed by atoms with Crippen LogP contribution in [0.4, 0.5) is 0 Å². The highest BCUT2D eigenvalue weighted by Crippen LogP contribution is 2.22. The first-order chi connectivity index (χ1) is 10.6. The number of fused-ring (bicyclic) bond motifs is 1. The van der Waals surface area contributed by atoms with Crippen LogP contribution in [0.5, 0.6) is 5.75 Å². The molecule has 0 aliphatic heterocycles. The lowest BCUT2D eigenvalue weighted by Crippen LogP contribution is -1.99. The molecule has 0 saturated heterocycles. The van der Waals surface area contributed by atoms with Gasteiger partial charge in [-0.1, -0.05) is 30.3 Å². The van der Waals surface area contributed by atoms with Crippen molar-refractivity contribution in [2.75, 3.05) is 0 Å². The molecule has 3 rings (SSSR count). The second-order valence-electron chi connectivity index (χ2n) is 4.87. The predicted molar refractivity (Wildman–Crippen MR) is 85.4 cm³/mol. The third kappa shape index (κ3) is 2.81. The monoisotopic (exact) mass is 291 g/mol. The zero-order valence-electron chi connectivity index (χ0n) is 11.6. The van der Waals surface area contributed by atoms with Crippen LogP contribution in [0.2, 0.25) is 0 Å². The number of carboxylic acids is 1. The summed E-state index contributed by atoms with van der Waals surface area (Å²) in [5, 5.41) is 19.7. The third-order valence-corrected chi connectivity index (χ3v) is 3.33. The summed E-state index contributed by atoms with van der Waals surface area (Å²) in [5.74, 6) is -0.931. The van der Waals surface area contributed by atoms with Crippen molar-refractivity contribution in [2.24, 2.45) is 0 Å². The molecule has 0 bridgehead atoms. The van der Waals surface area contributed by atoms with Crippen molar-refractivity contribution in [3.63, 3.8) is 0 Å². The smallest absolute Gasteiger partial charge is 0.336 e. The Morgan fingerprint density at radius 1 is 1.05 bits per heavy atom. The maximum Gasteiger partial charge on any atom is 0.336 e. The molecular formula is C18H13NO3. The molecule has 4 heteroatoms. The molecule has 0 saturated carbocycles. The summed E-state index contributed by atoms with van der Waals surface area (Å²) in [7, 11) is 0. The first kappa shape index (κ1) is 13.8. The maximum atomic E-state index is 11.5. The number of phenolic OH excluding ortho intramolecular Hbond substituents is 1. The SMILES string of the molecule is O=C(O)/C(=C/c1cnc2ccccc2c1)c1ccc(O)cc1. The third-order valence-electron chi connectivity index (χ3n) is 3.33. The molecule has 0 radical (unpaired) electrons. The van der Waals surface area contributed by atoms with Gasteiger partial charge in [0.15, 0.2) is 0 Å². The first-order valence-electron chi connectivity index (χ1n) is 6.73. The minimum Gasteiger partial charge on any atom is -0.508 e. The van der Waals surface area contributed by atoms with Gasteiger partial charge in [0, 0.05) is 11.6 Å². The van der Waals surface area contributed by atoms with E-state index in [4.69, 9.17) is 0 Å². The van der Waals surface area contributed by atoms with Gasteiger partial charge in [-0.15, -0.1) is 0 Å². The van der Waals surface area contributed by atoms with Crippen molar-refractivity contribution in [2.45, 2.75) is 0 Å². The van der Waals surface area contributed by atoms with Gasteiger partial charge in [-0.2, -0.15) is 0 Å². The maximum absolute atomic E-state index is 11.5. The van der Waals surface area contributed by atoms with Gasteiger partial charge in [-0.3, -0.25) is 4.98 Å². The molecule has 0 spiro atoms. The molecule has 2 N–H and O–H groups in total. The molecule has 0 unspecified atom stereocenters. The van der Waals surface area contributed by atoms with E-state index in [9.17, 15) is 15.0 Å². The average molecular weight is 291 g/mol. The zero-order chi connectivity index (χ0) is 15.5. The van der Waals surface area contributed by atoms with Crippen LogP contribution in [-0.2, 0) is 4.79 Å². The number of nitrogens with zero attached hydrogens (tertiary/aromatic N) is 1. The fourth-order valence-corrected chi connectivity index (χ4v) is 2.24. The Balaban J connectivity index is 2.08. The van der Waals surface area contributed by atoms with Gasteiger partial charge >= 0.3 is 5.97 Å². The minimum absolute atomic E-state index is 0.0980. The number of para-hydroxylation sites is 1. The number of hydrogen-bond donors (Lipinski definition) is 2. The lowest BCUT2D eigenvalue weighted by atomic mass is 10.0. The van der Waals surface area contributed by atoms with Gasteiger partial charge in [0.1, 0.15) is 5.75 Å². The predicted octanol–water partition coefficient (Wildman–Crippen LogP) is 3.57. The number of carboxylic acid groups (broad SMARTS) is 1. The van der Waals surface area contributed by atoms with Crippen molar-refractivity contribution in [1.82, 2.24) is 4.98 Å². The van der Waals surface area contributed by atoms with E-state index in [1.54, 1.807) is 24.4 Å². The van der Waals surface area contributed by atoms with Gasteiger partial charge in [0.2, 0.25) is 0 Å². The van der Waals surface area contributed by atoms with Gasteiger partial charge in [0.25, 0.3) is 0 Å². The van der Waals surface area contributed by atoms with Crippen LogP contribution in [0, 0.1) is 0 Å². The molecule has 2 aromatic carbocycles. The Morgan fingerprint density at radius 2 is 1.77 bits per heavy atom. The Labute approximate surface area is 127 Å². The molecule has 1 heterocycles. The molecule has 0 atom stereocenters. The van der Waals surface area contributed by atoms with Crippen molar-refractivity contribution in [1.29, 1.82) is 0 Å². The number of phenols is 1. The zero-order valence-corrected chi connectivity index (χ0v) is 11.6. The number of rotatable bonds is 3. The van der Waals surface area contributed by atoms with E-state index in [1.165, 1.54) is 12.1 Å². The molecule has 0 fully saturated rings. The van der Waals surface area contributed by atoms with Gasteiger partial charge in [-0.05, 0) is 41.5 Å². The number of pyridine rings is 1. The molecule has 0 aliphatic carbocycles. The Hall–Kier alpha value is -3.14. The summed E-state index contributed by atoms with van der Waals surface area (Å²) in [6.07, 6.45) is 3.22. The van der Waals surface area contributed by atoms with E-state index in [2.05, 4.69) is 4.98 Å². The normalized spacial score (nSPS) is 11.5. The molecule has 0 aliphatic rings. The van der Waals surface area contributed by atoms with Gasteiger partial charge in [0.05, 0.1) is 11.1 Å². The standard InChI is InChI=1S/C18H13NO3/c20-15-7-5-13(6-8-15)16(18(21)22)10-12-9-14-3-1-2-4-17(14)19-11-12/h1-11,20H,(H,21,22)/b16-10+. The summed E-state index contributed by atoms with van der Waals surface area (Å²) in [6, 6.07) is 15.6. The van der Waals surface area contributed by atoms with E-state index in [0.29, 0.717) is 11.1 Å². The second-order valence-corrected chi connectivity index (χ2v) is 4.87. The Morgan fingerprint density at radius 3 is 2.50 bits per heavy atom. The largest absolute Gasteiger partial charge is 0.508 e. The highest BCUT2D eigenvalue weighted by molar-refractivity contribution is 6.20. The quantitative estimate of drug-likeness (QED) is 0.724. The number of hydrogen-bond acceptors (Lipinski definition) is 3. The summed E-state index contributed by atoms with van der Waals surface area (Å²) in [6.45, 7) is 0. The Bertz CT molecular complexity index is 867. The summed E-state index contributed by atoms with van der Waals surface area (Å²) in [5.41, 5.74) is 2.25. The lowest BCUT2D eigenvalue weighted by Gasteiger charge is -2.04. The lowest BCUT2D eigenvalue weighted by molar-refractivity contribution is -0.130.